The van der Waals surface area contributed by atoms with Crippen LogP contribution >= 0.6 is 0 Å². The molecule has 92 valence electrons. The molecule has 0 aromatic carbocycles. The highest BCUT2D eigenvalue weighted by atomic mass is 15.3. The average molecular weight is 223 g/mol. The molecule has 1 unspecified atom stereocenters. The Kier molecular flexibility index (Phi) is 5.53. The van der Waals surface area contributed by atoms with Gasteiger partial charge in [0.05, 0.1) is 11.4 Å². The van der Waals surface area contributed by atoms with Crippen LogP contribution in [0.25, 0.3) is 0 Å². The van der Waals surface area contributed by atoms with Crippen LogP contribution in [0, 0.1) is 0 Å². The molecule has 2 N–H and O–H groups in total. The van der Waals surface area contributed by atoms with E-state index in [1.165, 1.54) is 25.0 Å². The van der Waals surface area contributed by atoms with Gasteiger partial charge in [-0.2, -0.15) is 5.10 Å². The highest BCUT2D eigenvalue weighted by Gasteiger charge is 2.12. The van der Waals surface area contributed by atoms with E-state index in [1.54, 1.807) is 0 Å². The van der Waals surface area contributed by atoms with Crippen molar-refractivity contribution in [2.75, 3.05) is 0 Å². The summed E-state index contributed by atoms with van der Waals surface area (Å²) in [4.78, 5) is 0. The fraction of sp³-hybridized carbons (Fsp3) is 0.769. The minimum atomic E-state index is 0.152. The van der Waals surface area contributed by atoms with Gasteiger partial charge in [-0.25, -0.2) is 0 Å². The molecule has 3 heteroatoms. The Morgan fingerprint density at radius 3 is 2.62 bits per heavy atom. The number of aryl methyl sites for hydroxylation is 2. The topological polar surface area (TPSA) is 43.8 Å². The van der Waals surface area contributed by atoms with Crippen molar-refractivity contribution in [3.05, 3.63) is 17.5 Å². The molecular formula is C13H25N3. The molecule has 0 saturated carbocycles. The highest BCUT2D eigenvalue weighted by molar-refractivity contribution is 5.14. The molecule has 1 heterocycles. The second-order valence-electron chi connectivity index (χ2n) is 4.33. The number of nitrogens with zero attached hydrogens (tertiary/aromatic N) is 2. The van der Waals surface area contributed by atoms with E-state index in [0.29, 0.717) is 0 Å². The first-order valence-corrected chi connectivity index (χ1v) is 6.55. The zero-order valence-corrected chi connectivity index (χ0v) is 10.9. The number of hydrogen-bond donors (Lipinski definition) is 1. The first-order valence-electron chi connectivity index (χ1n) is 6.55. The number of nitrogens with two attached hydrogens (primary N) is 1. The standard InChI is InChI=1S/C13H25N3/c1-4-7-8-9-12(14)13-10-11(5-2)15-16(13)6-3/h10,12H,4-9,14H2,1-3H3. The van der Waals surface area contributed by atoms with Crippen LogP contribution in [0.4, 0.5) is 0 Å². The molecule has 0 bridgehead atoms. The van der Waals surface area contributed by atoms with E-state index in [0.717, 1.165) is 25.1 Å². The normalized spacial score (nSPS) is 13.0. The molecule has 1 rings (SSSR count). The zero-order chi connectivity index (χ0) is 12.0. The second-order valence-corrected chi connectivity index (χ2v) is 4.33. The summed E-state index contributed by atoms with van der Waals surface area (Å²) >= 11 is 0. The lowest BCUT2D eigenvalue weighted by atomic mass is 10.1. The van der Waals surface area contributed by atoms with Gasteiger partial charge >= 0.3 is 0 Å². The Bertz CT molecular complexity index is 304. The molecule has 3 nitrogen and oxygen atoms in total. The monoisotopic (exact) mass is 223 g/mol. The van der Waals surface area contributed by atoms with Crippen molar-refractivity contribution < 1.29 is 0 Å². The SMILES string of the molecule is CCCCCC(N)c1cc(CC)nn1CC. The molecule has 0 aliphatic heterocycles. The lowest BCUT2D eigenvalue weighted by Gasteiger charge is -2.12. The van der Waals surface area contributed by atoms with Gasteiger partial charge in [0.2, 0.25) is 0 Å². The molecule has 0 fully saturated rings. The summed E-state index contributed by atoms with van der Waals surface area (Å²) in [6, 6.07) is 2.32. The summed E-state index contributed by atoms with van der Waals surface area (Å²) in [5, 5.41) is 4.53. The predicted octanol–water partition coefficient (Wildman–Crippen LogP) is 3.05. The predicted molar refractivity (Wildman–Crippen MR) is 68.3 cm³/mol. The molecule has 0 saturated heterocycles. The number of hydrogen-bond acceptors (Lipinski definition) is 2. The summed E-state index contributed by atoms with van der Waals surface area (Å²) < 4.78 is 2.05. The number of aromatic nitrogens is 2. The summed E-state index contributed by atoms with van der Waals surface area (Å²) in [6.07, 6.45) is 5.80. The molecule has 0 spiro atoms. The van der Waals surface area contributed by atoms with E-state index in [9.17, 15) is 0 Å². The Balaban J connectivity index is 2.65. The molecule has 0 radical (unpaired) electrons. The van der Waals surface area contributed by atoms with Crippen LogP contribution in [-0.4, -0.2) is 9.78 Å². The lowest BCUT2D eigenvalue weighted by molar-refractivity contribution is 0.520. The first-order chi connectivity index (χ1) is 7.72. The van der Waals surface area contributed by atoms with E-state index in [4.69, 9.17) is 5.73 Å². The summed E-state index contributed by atoms with van der Waals surface area (Å²) in [7, 11) is 0. The minimum absolute atomic E-state index is 0.152. The second kappa shape index (κ2) is 6.69. The zero-order valence-electron chi connectivity index (χ0n) is 10.9. The fourth-order valence-corrected chi connectivity index (χ4v) is 1.97. The maximum Gasteiger partial charge on any atom is 0.0625 e. The summed E-state index contributed by atoms with van der Waals surface area (Å²) in [5.74, 6) is 0. The molecule has 0 aliphatic rings. The van der Waals surface area contributed by atoms with Crippen molar-refractivity contribution >= 4 is 0 Å². The van der Waals surface area contributed by atoms with Gasteiger partial charge in [-0.15, -0.1) is 0 Å². The van der Waals surface area contributed by atoms with Crippen molar-refractivity contribution in [2.24, 2.45) is 5.73 Å². The molecule has 1 atom stereocenters. The fourth-order valence-electron chi connectivity index (χ4n) is 1.97. The maximum absolute atomic E-state index is 6.22. The van der Waals surface area contributed by atoms with Crippen molar-refractivity contribution in [3.8, 4) is 0 Å². The van der Waals surface area contributed by atoms with Crippen LogP contribution in [0.3, 0.4) is 0 Å². The quantitative estimate of drug-likeness (QED) is 0.722. The third-order valence-corrected chi connectivity index (χ3v) is 3.02. The van der Waals surface area contributed by atoms with Crippen LogP contribution in [-0.2, 0) is 13.0 Å². The Labute approximate surface area is 99.0 Å². The van der Waals surface area contributed by atoms with Crippen molar-refractivity contribution in [3.63, 3.8) is 0 Å². The van der Waals surface area contributed by atoms with Crippen LogP contribution in [0.5, 0.6) is 0 Å². The minimum Gasteiger partial charge on any atom is -0.323 e. The van der Waals surface area contributed by atoms with E-state index in [1.807, 2.05) is 0 Å². The van der Waals surface area contributed by atoms with Gasteiger partial charge in [0, 0.05) is 12.6 Å². The van der Waals surface area contributed by atoms with Crippen molar-refractivity contribution in [1.82, 2.24) is 9.78 Å². The van der Waals surface area contributed by atoms with E-state index >= 15 is 0 Å². The van der Waals surface area contributed by atoms with E-state index in [-0.39, 0.29) is 6.04 Å². The average Bonchev–Trinajstić information content (AvgIpc) is 2.72. The number of rotatable bonds is 7. The molecule has 1 aromatic rings. The maximum atomic E-state index is 6.22. The van der Waals surface area contributed by atoms with Gasteiger partial charge in [-0.3, -0.25) is 4.68 Å². The molecule has 16 heavy (non-hydrogen) atoms. The van der Waals surface area contributed by atoms with Gasteiger partial charge in [-0.05, 0) is 25.8 Å². The van der Waals surface area contributed by atoms with Gasteiger partial charge in [0.25, 0.3) is 0 Å². The van der Waals surface area contributed by atoms with E-state index in [2.05, 4.69) is 36.6 Å². The van der Waals surface area contributed by atoms with Gasteiger partial charge in [0.1, 0.15) is 0 Å². The molecule has 0 aliphatic carbocycles. The van der Waals surface area contributed by atoms with E-state index < -0.39 is 0 Å². The third kappa shape index (κ3) is 3.34. The third-order valence-electron chi connectivity index (χ3n) is 3.02. The van der Waals surface area contributed by atoms with Crippen LogP contribution in [0.15, 0.2) is 6.07 Å². The van der Waals surface area contributed by atoms with Crippen LogP contribution < -0.4 is 5.73 Å². The Hall–Kier alpha value is -0.830. The summed E-state index contributed by atoms with van der Waals surface area (Å²) in [5.41, 5.74) is 8.58. The van der Waals surface area contributed by atoms with Crippen molar-refractivity contribution in [1.29, 1.82) is 0 Å². The van der Waals surface area contributed by atoms with Crippen molar-refractivity contribution in [2.45, 2.75) is 65.5 Å². The smallest absolute Gasteiger partial charge is 0.0625 e. The van der Waals surface area contributed by atoms with Gasteiger partial charge in [0.15, 0.2) is 0 Å². The Morgan fingerprint density at radius 1 is 1.31 bits per heavy atom. The van der Waals surface area contributed by atoms with Gasteiger partial charge in [-0.1, -0.05) is 33.1 Å². The molecule has 0 amide bonds. The van der Waals surface area contributed by atoms with Crippen LogP contribution in [0.1, 0.15) is 63.9 Å². The lowest BCUT2D eigenvalue weighted by Crippen LogP contribution is -2.15. The highest BCUT2D eigenvalue weighted by Crippen LogP contribution is 2.18. The first kappa shape index (κ1) is 13.2. The van der Waals surface area contributed by atoms with Crippen LogP contribution in [0.2, 0.25) is 0 Å². The summed E-state index contributed by atoms with van der Waals surface area (Å²) in [6.45, 7) is 7.39. The molecule has 1 aromatic heterocycles. The largest absolute Gasteiger partial charge is 0.323 e. The number of unbranched alkanes of at least 4 members (excludes halogenated alkanes) is 2. The van der Waals surface area contributed by atoms with Gasteiger partial charge < -0.3 is 5.73 Å². The Morgan fingerprint density at radius 2 is 2.06 bits per heavy atom. The molecular weight excluding hydrogens is 198 g/mol.